The highest BCUT2D eigenvalue weighted by Gasteiger charge is 2.38. The van der Waals surface area contributed by atoms with Gasteiger partial charge in [0.05, 0.1) is 6.61 Å². The number of hydrogen-bond acceptors (Lipinski definition) is 8. The molecule has 1 aromatic rings. The van der Waals surface area contributed by atoms with Gasteiger partial charge in [-0.15, -0.1) is 0 Å². The predicted octanol–water partition coefficient (Wildman–Crippen LogP) is -1.04. The Morgan fingerprint density at radius 3 is 2.71 bits per heavy atom. The number of nitrogens with zero attached hydrogens (tertiary/aromatic N) is 2. The van der Waals surface area contributed by atoms with Gasteiger partial charge in [-0.25, -0.2) is 4.98 Å². The molecular weight excluding hydrogens is 413 g/mol. The fraction of sp³-hybridized carbons (Fsp3) is 0.636. The molecule has 1 fully saturated rings. The molecule has 0 aromatic carbocycles. The van der Waals surface area contributed by atoms with Crippen LogP contribution in [0, 0.1) is 3.57 Å². The second-order valence-electron chi connectivity index (χ2n) is 4.57. The van der Waals surface area contributed by atoms with E-state index in [0.717, 1.165) is 0 Å². The van der Waals surface area contributed by atoms with Crippen LogP contribution in [0.25, 0.3) is 0 Å². The Labute approximate surface area is 138 Å². The molecule has 0 bridgehead atoms. The number of hydrogen-bond donors (Lipinski definition) is 4. The van der Waals surface area contributed by atoms with Crippen molar-refractivity contribution in [1.29, 1.82) is 0 Å². The molecule has 4 N–H and O–H groups in total. The van der Waals surface area contributed by atoms with Gasteiger partial charge in [-0.3, -0.25) is 9.36 Å². The fourth-order valence-corrected chi connectivity index (χ4v) is 3.08. The van der Waals surface area contributed by atoms with E-state index < -0.39 is 24.5 Å². The van der Waals surface area contributed by atoms with Crippen LogP contribution in [0.15, 0.2) is 9.95 Å². The number of aliphatic hydroxyl groups excluding tert-OH is 3. The lowest BCUT2D eigenvalue weighted by atomic mass is 10.0. The quantitative estimate of drug-likeness (QED) is 0.274. The standard InChI is InChI=1S/C11H16IN3O5S/c1-15-10(19)5(12)8(14-11(15)21-2)13-9-7(18)6(17)4(16)3-20-9/h4,6-7,9,13,16-18H,3H2,1-2H3/t4-,6-,7+,9-/m1/s1. The lowest BCUT2D eigenvalue weighted by molar-refractivity contribution is -0.178. The Hall–Kier alpha value is -0.400. The molecule has 0 aliphatic carbocycles. The van der Waals surface area contributed by atoms with Gasteiger partial charge in [-0.05, 0) is 28.8 Å². The monoisotopic (exact) mass is 429 g/mol. The van der Waals surface area contributed by atoms with Gasteiger partial charge in [0.15, 0.2) is 11.4 Å². The number of halogens is 1. The first-order valence-electron chi connectivity index (χ1n) is 6.09. The van der Waals surface area contributed by atoms with Crippen molar-refractivity contribution < 1.29 is 20.1 Å². The van der Waals surface area contributed by atoms with Gasteiger partial charge in [0.2, 0.25) is 0 Å². The van der Waals surface area contributed by atoms with E-state index in [9.17, 15) is 20.1 Å². The Bertz CT molecular complexity index is 584. The number of aliphatic hydroxyl groups is 3. The second kappa shape index (κ2) is 6.79. The Balaban J connectivity index is 2.28. The SMILES string of the molecule is CSc1nc(N[C@@H]2OC[C@@H](O)[C@@H](O)[C@@H]2O)c(I)c(=O)n1C. The summed E-state index contributed by atoms with van der Waals surface area (Å²) in [5.41, 5.74) is -0.219. The summed E-state index contributed by atoms with van der Waals surface area (Å²) in [7, 11) is 1.62. The zero-order valence-electron chi connectivity index (χ0n) is 11.4. The highest BCUT2D eigenvalue weighted by Crippen LogP contribution is 2.21. The third-order valence-corrected chi connectivity index (χ3v) is 4.86. The lowest BCUT2D eigenvalue weighted by Crippen LogP contribution is -2.55. The summed E-state index contributed by atoms with van der Waals surface area (Å²) in [5.74, 6) is 0.274. The van der Waals surface area contributed by atoms with Crippen molar-refractivity contribution in [1.82, 2.24) is 9.55 Å². The van der Waals surface area contributed by atoms with E-state index in [0.29, 0.717) is 8.73 Å². The highest BCUT2D eigenvalue weighted by molar-refractivity contribution is 14.1. The molecule has 0 amide bonds. The minimum Gasteiger partial charge on any atom is -0.388 e. The first kappa shape index (κ1) is 17.0. The van der Waals surface area contributed by atoms with E-state index in [-0.39, 0.29) is 18.0 Å². The minimum absolute atomic E-state index is 0.118. The normalized spacial score (nSPS) is 29.4. The third-order valence-electron chi connectivity index (χ3n) is 3.16. The lowest BCUT2D eigenvalue weighted by Gasteiger charge is -2.35. The molecule has 2 rings (SSSR count). The maximum absolute atomic E-state index is 12.1. The first-order valence-corrected chi connectivity index (χ1v) is 8.40. The fourth-order valence-electron chi connectivity index (χ4n) is 1.90. The summed E-state index contributed by atoms with van der Waals surface area (Å²) >= 11 is 3.17. The van der Waals surface area contributed by atoms with E-state index in [4.69, 9.17) is 4.74 Å². The van der Waals surface area contributed by atoms with Gasteiger partial charge in [-0.1, -0.05) is 11.8 Å². The van der Waals surface area contributed by atoms with Crippen molar-refractivity contribution in [3.63, 3.8) is 0 Å². The average Bonchev–Trinajstić information content (AvgIpc) is 2.48. The molecular formula is C11H16IN3O5S. The van der Waals surface area contributed by atoms with Gasteiger partial charge in [0, 0.05) is 7.05 Å². The van der Waals surface area contributed by atoms with Crippen molar-refractivity contribution in [2.75, 3.05) is 18.2 Å². The van der Waals surface area contributed by atoms with E-state index in [2.05, 4.69) is 10.3 Å². The zero-order valence-corrected chi connectivity index (χ0v) is 14.3. The van der Waals surface area contributed by atoms with E-state index in [1.807, 2.05) is 22.6 Å². The molecule has 0 radical (unpaired) electrons. The molecule has 4 atom stereocenters. The Morgan fingerprint density at radius 1 is 1.43 bits per heavy atom. The Kier molecular flexibility index (Phi) is 5.48. The average molecular weight is 429 g/mol. The molecule has 21 heavy (non-hydrogen) atoms. The molecule has 0 unspecified atom stereocenters. The number of aromatic nitrogens is 2. The van der Waals surface area contributed by atoms with Crippen molar-refractivity contribution >= 4 is 40.2 Å². The molecule has 1 aliphatic rings. The van der Waals surface area contributed by atoms with Crippen LogP contribution in [0.2, 0.25) is 0 Å². The molecule has 8 nitrogen and oxygen atoms in total. The van der Waals surface area contributed by atoms with Gasteiger partial charge in [0.25, 0.3) is 5.56 Å². The van der Waals surface area contributed by atoms with Crippen molar-refractivity contribution in [3.8, 4) is 0 Å². The minimum atomic E-state index is -1.33. The van der Waals surface area contributed by atoms with Crippen LogP contribution < -0.4 is 10.9 Å². The largest absolute Gasteiger partial charge is 0.388 e. The topological polar surface area (TPSA) is 117 Å². The predicted molar refractivity (Wildman–Crippen MR) is 85.4 cm³/mol. The summed E-state index contributed by atoms with van der Waals surface area (Å²) in [4.78, 5) is 16.4. The van der Waals surface area contributed by atoms with Crippen LogP contribution in [-0.4, -0.2) is 62.3 Å². The van der Waals surface area contributed by atoms with E-state index in [1.54, 1.807) is 13.3 Å². The van der Waals surface area contributed by atoms with E-state index in [1.165, 1.54) is 16.3 Å². The van der Waals surface area contributed by atoms with Crippen LogP contribution in [0.4, 0.5) is 5.82 Å². The summed E-state index contributed by atoms with van der Waals surface area (Å²) in [6, 6.07) is 0. The summed E-state index contributed by atoms with van der Waals surface area (Å²) < 4.78 is 7.02. The van der Waals surface area contributed by atoms with Gasteiger partial charge in [0.1, 0.15) is 27.7 Å². The van der Waals surface area contributed by atoms with Gasteiger partial charge in [-0.2, -0.15) is 0 Å². The number of thioether (sulfide) groups is 1. The van der Waals surface area contributed by atoms with Crippen molar-refractivity contribution in [3.05, 3.63) is 13.9 Å². The summed E-state index contributed by atoms with van der Waals surface area (Å²) in [6.45, 7) is -0.118. The second-order valence-corrected chi connectivity index (χ2v) is 6.42. The van der Waals surface area contributed by atoms with Crippen LogP contribution in [0.3, 0.4) is 0 Å². The summed E-state index contributed by atoms with van der Waals surface area (Å²) in [6.07, 6.45) is -2.94. The smallest absolute Gasteiger partial charge is 0.269 e. The molecule has 10 heteroatoms. The maximum Gasteiger partial charge on any atom is 0.269 e. The van der Waals surface area contributed by atoms with Crippen molar-refractivity contribution in [2.45, 2.75) is 29.7 Å². The number of anilines is 1. The third kappa shape index (κ3) is 3.35. The summed E-state index contributed by atoms with van der Waals surface area (Å²) in [5, 5.41) is 32.3. The van der Waals surface area contributed by atoms with Crippen LogP contribution in [0.5, 0.6) is 0 Å². The van der Waals surface area contributed by atoms with Crippen molar-refractivity contribution in [2.24, 2.45) is 7.05 Å². The zero-order chi connectivity index (χ0) is 15.7. The molecule has 1 aliphatic heterocycles. The molecule has 1 saturated heterocycles. The van der Waals surface area contributed by atoms with Crippen LogP contribution >= 0.6 is 34.4 Å². The molecule has 0 saturated carbocycles. The van der Waals surface area contributed by atoms with E-state index >= 15 is 0 Å². The molecule has 0 spiro atoms. The number of ether oxygens (including phenoxy) is 1. The van der Waals surface area contributed by atoms with Gasteiger partial charge >= 0.3 is 0 Å². The number of nitrogens with one attached hydrogen (secondary N) is 1. The first-order chi connectivity index (χ1) is 9.86. The van der Waals surface area contributed by atoms with Gasteiger partial charge < -0.3 is 25.4 Å². The van der Waals surface area contributed by atoms with Crippen LogP contribution in [0.1, 0.15) is 0 Å². The molecule has 2 heterocycles. The molecule has 118 valence electrons. The Morgan fingerprint density at radius 2 is 2.10 bits per heavy atom. The maximum atomic E-state index is 12.1. The molecule has 1 aromatic heterocycles. The van der Waals surface area contributed by atoms with Crippen LogP contribution in [-0.2, 0) is 11.8 Å². The highest BCUT2D eigenvalue weighted by atomic mass is 127. The number of rotatable bonds is 3.